The van der Waals surface area contributed by atoms with Crippen molar-refractivity contribution < 1.29 is 9.53 Å². The zero-order valence-electron chi connectivity index (χ0n) is 16.2. The summed E-state index contributed by atoms with van der Waals surface area (Å²) in [5.74, 6) is 0.885. The second-order valence-electron chi connectivity index (χ2n) is 7.22. The van der Waals surface area contributed by atoms with Crippen LogP contribution >= 0.6 is 0 Å². The zero-order valence-corrected chi connectivity index (χ0v) is 16.2. The Morgan fingerprint density at radius 1 is 1.19 bits per heavy atom. The SMILES string of the molecule is CN(C)C1CCCN(C(=O)/C=C/c2cccc(OCc3ccccc3)c2)C1. The molecule has 0 N–H and O–H groups in total. The summed E-state index contributed by atoms with van der Waals surface area (Å²) in [4.78, 5) is 16.7. The summed E-state index contributed by atoms with van der Waals surface area (Å²) < 4.78 is 5.86. The highest BCUT2D eigenvalue weighted by Gasteiger charge is 2.23. The van der Waals surface area contributed by atoms with Crippen molar-refractivity contribution in [3.63, 3.8) is 0 Å². The lowest BCUT2D eigenvalue weighted by Crippen LogP contribution is -2.47. The fourth-order valence-corrected chi connectivity index (χ4v) is 3.30. The van der Waals surface area contributed by atoms with Crippen LogP contribution in [0.15, 0.2) is 60.7 Å². The van der Waals surface area contributed by atoms with E-state index in [4.69, 9.17) is 4.74 Å². The number of piperidine rings is 1. The van der Waals surface area contributed by atoms with Crippen LogP contribution in [0.5, 0.6) is 5.75 Å². The van der Waals surface area contributed by atoms with Crippen molar-refractivity contribution in [2.75, 3.05) is 27.2 Å². The highest BCUT2D eigenvalue weighted by molar-refractivity contribution is 5.91. The third-order valence-electron chi connectivity index (χ3n) is 4.96. The van der Waals surface area contributed by atoms with Crippen LogP contribution in [0.4, 0.5) is 0 Å². The molecule has 1 aliphatic heterocycles. The number of carbonyl (C=O) groups excluding carboxylic acids is 1. The number of likely N-dealkylation sites (N-methyl/N-ethyl adjacent to an activating group) is 1. The third kappa shape index (κ3) is 5.69. The molecule has 0 aliphatic carbocycles. The van der Waals surface area contributed by atoms with E-state index in [9.17, 15) is 4.79 Å². The molecule has 142 valence electrons. The summed E-state index contributed by atoms with van der Waals surface area (Å²) in [7, 11) is 4.16. The van der Waals surface area contributed by atoms with Gasteiger partial charge in [-0.25, -0.2) is 0 Å². The molecule has 0 spiro atoms. The lowest BCUT2D eigenvalue weighted by atomic mass is 10.0. The molecule has 1 atom stereocenters. The monoisotopic (exact) mass is 364 g/mol. The number of rotatable bonds is 6. The number of ether oxygens (including phenoxy) is 1. The van der Waals surface area contributed by atoms with Crippen LogP contribution in [0.25, 0.3) is 6.08 Å². The summed E-state index contributed by atoms with van der Waals surface area (Å²) in [6.45, 7) is 2.18. The number of carbonyl (C=O) groups is 1. The molecule has 1 amide bonds. The Hall–Kier alpha value is -2.59. The van der Waals surface area contributed by atoms with E-state index in [0.29, 0.717) is 12.6 Å². The Labute approximate surface area is 162 Å². The molecule has 1 aliphatic rings. The van der Waals surface area contributed by atoms with Crippen molar-refractivity contribution in [1.82, 2.24) is 9.80 Å². The van der Waals surface area contributed by atoms with Crippen LogP contribution in [0.1, 0.15) is 24.0 Å². The van der Waals surface area contributed by atoms with Gasteiger partial charge in [0.1, 0.15) is 12.4 Å². The normalized spacial score (nSPS) is 17.4. The second kappa shape index (κ2) is 9.38. The minimum Gasteiger partial charge on any atom is -0.489 e. The molecular weight excluding hydrogens is 336 g/mol. The van der Waals surface area contributed by atoms with E-state index in [1.165, 1.54) is 0 Å². The van der Waals surface area contributed by atoms with E-state index >= 15 is 0 Å². The van der Waals surface area contributed by atoms with Crippen molar-refractivity contribution in [1.29, 1.82) is 0 Å². The van der Waals surface area contributed by atoms with Gasteiger partial charge in [-0.05, 0) is 56.3 Å². The van der Waals surface area contributed by atoms with Gasteiger partial charge in [0.15, 0.2) is 0 Å². The molecule has 0 radical (unpaired) electrons. The highest BCUT2D eigenvalue weighted by atomic mass is 16.5. The van der Waals surface area contributed by atoms with E-state index in [0.717, 1.165) is 42.8 Å². The maximum absolute atomic E-state index is 12.5. The van der Waals surface area contributed by atoms with Gasteiger partial charge in [-0.15, -0.1) is 0 Å². The lowest BCUT2D eigenvalue weighted by Gasteiger charge is -2.35. The molecular formula is C23H28N2O2. The molecule has 2 aromatic rings. The molecule has 1 fully saturated rings. The predicted molar refractivity (Wildman–Crippen MR) is 110 cm³/mol. The van der Waals surface area contributed by atoms with Gasteiger partial charge in [0, 0.05) is 25.2 Å². The van der Waals surface area contributed by atoms with Gasteiger partial charge in [-0.3, -0.25) is 4.79 Å². The first-order valence-electron chi connectivity index (χ1n) is 9.52. The van der Waals surface area contributed by atoms with Crippen LogP contribution in [0.3, 0.4) is 0 Å². The van der Waals surface area contributed by atoms with E-state index < -0.39 is 0 Å². The van der Waals surface area contributed by atoms with Gasteiger partial charge in [-0.1, -0.05) is 42.5 Å². The summed E-state index contributed by atoms with van der Waals surface area (Å²) in [6.07, 6.45) is 5.76. The highest BCUT2D eigenvalue weighted by Crippen LogP contribution is 2.17. The van der Waals surface area contributed by atoms with E-state index in [2.05, 4.69) is 19.0 Å². The van der Waals surface area contributed by atoms with Crippen molar-refractivity contribution in [2.24, 2.45) is 0 Å². The first-order chi connectivity index (χ1) is 13.1. The van der Waals surface area contributed by atoms with E-state index in [-0.39, 0.29) is 5.91 Å². The summed E-state index contributed by atoms with van der Waals surface area (Å²) in [6, 6.07) is 18.4. The van der Waals surface area contributed by atoms with Crippen LogP contribution in [-0.2, 0) is 11.4 Å². The van der Waals surface area contributed by atoms with Crippen molar-refractivity contribution >= 4 is 12.0 Å². The maximum atomic E-state index is 12.5. The molecule has 1 unspecified atom stereocenters. The maximum Gasteiger partial charge on any atom is 0.246 e. The van der Waals surface area contributed by atoms with Gasteiger partial charge in [0.25, 0.3) is 0 Å². The average Bonchev–Trinajstić information content (AvgIpc) is 2.71. The molecule has 0 aromatic heterocycles. The number of amides is 1. The van der Waals surface area contributed by atoms with Gasteiger partial charge in [-0.2, -0.15) is 0 Å². The number of benzene rings is 2. The molecule has 4 nitrogen and oxygen atoms in total. The van der Waals surface area contributed by atoms with Gasteiger partial charge >= 0.3 is 0 Å². The molecule has 0 saturated carbocycles. The fraction of sp³-hybridized carbons (Fsp3) is 0.348. The van der Waals surface area contributed by atoms with E-state index in [1.807, 2.05) is 65.6 Å². The first kappa shape index (κ1) is 19.2. The molecule has 0 bridgehead atoms. The Morgan fingerprint density at radius 2 is 2.00 bits per heavy atom. The Morgan fingerprint density at radius 3 is 2.78 bits per heavy atom. The number of hydrogen-bond donors (Lipinski definition) is 0. The predicted octanol–water partition coefficient (Wildman–Crippen LogP) is 3.83. The number of nitrogens with zero attached hydrogens (tertiary/aromatic N) is 2. The van der Waals surface area contributed by atoms with Crippen molar-refractivity contribution in [3.8, 4) is 5.75 Å². The Bertz CT molecular complexity index is 771. The summed E-state index contributed by atoms with van der Waals surface area (Å²) in [5.41, 5.74) is 2.10. The molecule has 3 rings (SSSR count). The van der Waals surface area contributed by atoms with Gasteiger partial charge < -0.3 is 14.5 Å². The van der Waals surface area contributed by atoms with Crippen LogP contribution < -0.4 is 4.74 Å². The van der Waals surface area contributed by atoms with Gasteiger partial charge in [0.2, 0.25) is 5.91 Å². The van der Waals surface area contributed by atoms with E-state index in [1.54, 1.807) is 6.08 Å². The van der Waals surface area contributed by atoms with Crippen molar-refractivity contribution in [3.05, 3.63) is 71.8 Å². The minimum absolute atomic E-state index is 0.0807. The second-order valence-corrected chi connectivity index (χ2v) is 7.22. The van der Waals surface area contributed by atoms with Crippen molar-refractivity contribution in [2.45, 2.75) is 25.5 Å². The fourth-order valence-electron chi connectivity index (χ4n) is 3.30. The Kier molecular flexibility index (Phi) is 6.66. The summed E-state index contributed by atoms with van der Waals surface area (Å²) >= 11 is 0. The summed E-state index contributed by atoms with van der Waals surface area (Å²) in [5, 5.41) is 0. The molecule has 4 heteroatoms. The number of hydrogen-bond acceptors (Lipinski definition) is 3. The largest absolute Gasteiger partial charge is 0.489 e. The first-order valence-corrected chi connectivity index (χ1v) is 9.52. The van der Waals surface area contributed by atoms with Crippen LogP contribution in [0.2, 0.25) is 0 Å². The molecule has 1 heterocycles. The van der Waals surface area contributed by atoms with Crippen LogP contribution in [0, 0.1) is 0 Å². The quantitative estimate of drug-likeness (QED) is 0.730. The number of likely N-dealkylation sites (tertiary alicyclic amines) is 1. The zero-order chi connectivity index (χ0) is 19.1. The smallest absolute Gasteiger partial charge is 0.246 e. The lowest BCUT2D eigenvalue weighted by molar-refractivity contribution is -0.127. The molecule has 27 heavy (non-hydrogen) atoms. The average molecular weight is 364 g/mol. The van der Waals surface area contributed by atoms with Gasteiger partial charge in [0.05, 0.1) is 0 Å². The standard InChI is InChI=1S/C23H28N2O2/c1-24(2)21-11-7-15-25(17-21)23(26)14-13-19-10-6-12-22(16-19)27-18-20-8-4-3-5-9-20/h3-6,8-10,12-14,16,21H,7,11,15,17-18H2,1-2H3/b14-13+. The molecule has 1 saturated heterocycles. The minimum atomic E-state index is 0.0807. The topological polar surface area (TPSA) is 32.8 Å². The Balaban J connectivity index is 1.57. The molecule has 2 aromatic carbocycles. The van der Waals surface area contributed by atoms with Crippen LogP contribution in [-0.4, -0.2) is 48.9 Å². The third-order valence-corrected chi connectivity index (χ3v) is 4.96.